The van der Waals surface area contributed by atoms with Gasteiger partial charge in [-0.3, -0.25) is 14.4 Å². The Morgan fingerprint density at radius 2 is 1.84 bits per heavy atom. The molecule has 0 bridgehead atoms. The molecule has 3 fully saturated rings. The second kappa shape index (κ2) is 14.4. The molecule has 1 aromatic heterocycles. The van der Waals surface area contributed by atoms with E-state index in [1.807, 2.05) is 0 Å². The zero-order chi connectivity index (χ0) is 22.9. The number of aromatic nitrogens is 4. The summed E-state index contributed by atoms with van der Waals surface area (Å²) in [5.41, 5.74) is 0.948. The van der Waals surface area contributed by atoms with Gasteiger partial charge in [0.2, 0.25) is 5.91 Å². The molecule has 37 heavy (non-hydrogen) atoms. The molecule has 2 amide bonds. The number of amides is 2. The monoisotopic (exact) mass is 592 g/mol. The summed E-state index contributed by atoms with van der Waals surface area (Å²) in [7, 11) is 0. The van der Waals surface area contributed by atoms with Crippen molar-refractivity contribution in [1.82, 2.24) is 30.4 Å². The van der Waals surface area contributed by atoms with Crippen LogP contribution in [0.5, 0.6) is 0 Å². The third kappa shape index (κ3) is 6.80. The van der Waals surface area contributed by atoms with Crippen molar-refractivity contribution < 1.29 is 23.5 Å². The summed E-state index contributed by atoms with van der Waals surface area (Å²) in [4.78, 5) is 40.4. The van der Waals surface area contributed by atoms with E-state index < -0.39 is 36.2 Å². The molecule has 2 saturated heterocycles. The van der Waals surface area contributed by atoms with Crippen LogP contribution in [0, 0.1) is 5.92 Å². The molecule has 3 heterocycles. The number of hydrogen-bond acceptors (Lipinski definition) is 7. The SMILES string of the molecule is O=C(N[C@H](C(=O)N1C[C@H](F)[C@H]2OCC(=O)[C@H]21)C1CCCCC1)c1cccc(-n2cnnn2)c1.S.S.S.S. The smallest absolute Gasteiger partial charge is 0.252 e. The van der Waals surface area contributed by atoms with E-state index in [4.69, 9.17) is 4.74 Å². The number of nitrogens with zero attached hydrogens (tertiary/aromatic N) is 5. The normalized spacial score (nSPS) is 23.4. The average Bonchev–Trinajstić information content (AvgIpc) is 3.58. The Hall–Kier alpha value is -1.81. The highest BCUT2D eigenvalue weighted by molar-refractivity contribution is 7.59. The van der Waals surface area contributed by atoms with E-state index in [0.29, 0.717) is 11.3 Å². The van der Waals surface area contributed by atoms with E-state index in [2.05, 4.69) is 20.8 Å². The van der Waals surface area contributed by atoms with Crippen LogP contribution in [0.25, 0.3) is 5.69 Å². The van der Waals surface area contributed by atoms with Crippen LogP contribution in [0.2, 0.25) is 0 Å². The van der Waals surface area contributed by atoms with Crippen LogP contribution in [-0.4, -0.2) is 80.2 Å². The van der Waals surface area contributed by atoms with Gasteiger partial charge in [0.15, 0.2) is 5.78 Å². The maximum Gasteiger partial charge on any atom is 0.252 e. The van der Waals surface area contributed by atoms with Gasteiger partial charge in [-0.15, -0.1) is 5.10 Å². The van der Waals surface area contributed by atoms with Crippen molar-refractivity contribution in [3.8, 4) is 5.69 Å². The number of carbonyl (C=O) groups excluding carboxylic acids is 3. The highest BCUT2D eigenvalue weighted by Crippen LogP contribution is 2.33. The van der Waals surface area contributed by atoms with Gasteiger partial charge in [-0.1, -0.05) is 25.3 Å². The van der Waals surface area contributed by atoms with Crippen molar-refractivity contribution >= 4 is 71.6 Å². The van der Waals surface area contributed by atoms with Gasteiger partial charge in [-0.05, 0) is 47.4 Å². The van der Waals surface area contributed by atoms with Gasteiger partial charge >= 0.3 is 0 Å². The van der Waals surface area contributed by atoms with Crippen molar-refractivity contribution in [2.24, 2.45) is 5.92 Å². The Kier molecular flexibility index (Phi) is 12.9. The first-order chi connectivity index (χ1) is 16.0. The van der Waals surface area contributed by atoms with Crippen molar-refractivity contribution in [2.45, 2.75) is 56.5 Å². The molecule has 1 aromatic carbocycles. The number of alkyl halides is 1. The van der Waals surface area contributed by atoms with E-state index in [9.17, 15) is 18.8 Å². The Morgan fingerprint density at radius 1 is 1.11 bits per heavy atom. The lowest BCUT2D eigenvalue weighted by molar-refractivity contribution is -0.139. The van der Waals surface area contributed by atoms with Crippen molar-refractivity contribution in [3.63, 3.8) is 0 Å². The lowest BCUT2D eigenvalue weighted by atomic mass is 9.83. The van der Waals surface area contributed by atoms with Crippen LogP contribution in [0.1, 0.15) is 42.5 Å². The summed E-state index contributed by atoms with van der Waals surface area (Å²) in [5, 5.41) is 13.9. The van der Waals surface area contributed by atoms with Crippen LogP contribution < -0.4 is 5.32 Å². The Labute approximate surface area is 242 Å². The third-order valence-corrected chi connectivity index (χ3v) is 6.80. The van der Waals surface area contributed by atoms with Crippen LogP contribution in [-0.2, 0) is 14.3 Å². The molecule has 2 aliphatic heterocycles. The first-order valence-electron chi connectivity index (χ1n) is 11.3. The molecule has 206 valence electrons. The molecule has 1 saturated carbocycles. The number of carbonyl (C=O) groups is 3. The van der Waals surface area contributed by atoms with E-state index >= 15 is 0 Å². The fourth-order valence-electron chi connectivity index (χ4n) is 5.15. The lowest BCUT2D eigenvalue weighted by Crippen LogP contribution is -2.55. The van der Waals surface area contributed by atoms with Gasteiger partial charge in [-0.2, -0.15) is 54.0 Å². The number of nitrogens with one attached hydrogen (secondary N) is 1. The number of likely N-dealkylation sites (tertiary alicyclic amines) is 1. The van der Waals surface area contributed by atoms with Gasteiger partial charge in [0.05, 0.1) is 12.2 Å². The van der Waals surface area contributed by atoms with Gasteiger partial charge in [0.1, 0.15) is 37.3 Å². The van der Waals surface area contributed by atoms with E-state index in [-0.39, 0.29) is 78.8 Å². The molecule has 4 atom stereocenters. The Bertz CT molecular complexity index is 1060. The summed E-state index contributed by atoms with van der Waals surface area (Å²) in [6.45, 7) is -0.391. The lowest BCUT2D eigenvalue weighted by Gasteiger charge is -2.34. The molecule has 1 N–H and O–H groups in total. The second-order valence-corrected chi connectivity index (χ2v) is 8.85. The summed E-state index contributed by atoms with van der Waals surface area (Å²) in [6, 6.07) is 4.98. The largest absolute Gasteiger partial charge is 0.365 e. The number of ether oxygens (including phenoxy) is 1. The van der Waals surface area contributed by atoms with Crippen LogP contribution in [0.15, 0.2) is 30.6 Å². The number of benzene rings is 1. The fraction of sp³-hybridized carbons (Fsp3) is 0.545. The summed E-state index contributed by atoms with van der Waals surface area (Å²) in [6.07, 6.45) is 3.64. The van der Waals surface area contributed by atoms with E-state index in [0.717, 1.165) is 32.1 Å². The van der Waals surface area contributed by atoms with Gasteiger partial charge < -0.3 is 15.0 Å². The highest BCUT2D eigenvalue weighted by atomic mass is 32.1. The van der Waals surface area contributed by atoms with Gasteiger partial charge in [0, 0.05) is 5.56 Å². The minimum Gasteiger partial charge on any atom is -0.365 e. The predicted octanol–water partition coefficient (Wildman–Crippen LogP) is 1.31. The van der Waals surface area contributed by atoms with Crippen molar-refractivity contribution in [3.05, 3.63) is 36.2 Å². The molecule has 0 unspecified atom stereocenters. The number of fused-ring (bicyclic) bond motifs is 1. The number of hydrogen-bond donors (Lipinski definition) is 1. The van der Waals surface area contributed by atoms with E-state index in [1.54, 1.807) is 24.3 Å². The predicted molar refractivity (Wildman–Crippen MR) is 154 cm³/mol. The van der Waals surface area contributed by atoms with E-state index in [1.165, 1.54) is 15.9 Å². The molecule has 10 nitrogen and oxygen atoms in total. The number of rotatable bonds is 5. The molecule has 5 rings (SSSR count). The maximum atomic E-state index is 14.5. The van der Waals surface area contributed by atoms with Crippen molar-refractivity contribution in [1.29, 1.82) is 0 Å². The first-order valence-corrected chi connectivity index (χ1v) is 11.3. The van der Waals surface area contributed by atoms with Gasteiger partial charge in [-0.25, -0.2) is 9.07 Å². The Balaban J connectivity index is 0.00000171. The minimum absolute atomic E-state index is 0. The molecule has 15 heteroatoms. The van der Waals surface area contributed by atoms with Crippen LogP contribution in [0.3, 0.4) is 0 Å². The van der Waals surface area contributed by atoms with Crippen LogP contribution >= 0.6 is 54.0 Å². The molecule has 0 radical (unpaired) electrons. The fourth-order valence-corrected chi connectivity index (χ4v) is 5.15. The van der Waals surface area contributed by atoms with Crippen molar-refractivity contribution in [2.75, 3.05) is 13.2 Å². The zero-order valence-corrected chi connectivity index (χ0v) is 24.0. The number of ketones is 1. The average molecular weight is 593 g/mol. The topological polar surface area (TPSA) is 119 Å². The molecule has 2 aromatic rings. The minimum atomic E-state index is -1.42. The second-order valence-electron chi connectivity index (χ2n) is 8.85. The standard InChI is InChI=1S/C22H25FN6O4.4H2S/c23-16-10-28(19-17(30)11-33-20(16)19)22(32)18(13-5-2-1-3-6-13)25-21(31)14-7-4-8-15(9-14)29-12-24-26-27-29;;;;/h4,7-9,12-13,16,18-20H,1-3,5-6,10-11H2,(H,25,31);4*1H2/t16-,18-,19+,20+;;;;/m0..../s1. The van der Waals surface area contributed by atoms with Gasteiger partial charge in [0.25, 0.3) is 5.91 Å². The Morgan fingerprint density at radius 3 is 2.51 bits per heavy atom. The molecule has 1 aliphatic carbocycles. The highest BCUT2D eigenvalue weighted by Gasteiger charge is 2.54. The molecule has 3 aliphatic rings. The quantitative estimate of drug-likeness (QED) is 0.556. The van der Waals surface area contributed by atoms with Crippen LogP contribution in [0.4, 0.5) is 4.39 Å². The molecular weight excluding hydrogens is 560 g/mol. The summed E-state index contributed by atoms with van der Waals surface area (Å²) >= 11 is 0. The summed E-state index contributed by atoms with van der Waals surface area (Å²) in [5.74, 6) is -1.21. The molecular formula is C22H33FN6O4S4. The summed E-state index contributed by atoms with van der Waals surface area (Å²) < 4.78 is 21.2. The number of Topliss-reactive ketones (excluding diaryl/α,β-unsaturated/α-hetero) is 1. The third-order valence-electron chi connectivity index (χ3n) is 6.80. The zero-order valence-electron chi connectivity index (χ0n) is 20.0. The number of halogens is 1. The first kappa shape index (κ1) is 33.2. The maximum absolute atomic E-state index is 14.5. The molecule has 0 spiro atoms. The number of tetrazole rings is 1.